The summed E-state index contributed by atoms with van der Waals surface area (Å²) in [6, 6.07) is 30.0. The molecule has 3 aromatic carbocycles. The summed E-state index contributed by atoms with van der Waals surface area (Å²) in [7, 11) is 0. The van der Waals surface area contributed by atoms with Crippen LogP contribution in [0, 0.1) is 0 Å². The molecule has 0 saturated heterocycles. The van der Waals surface area contributed by atoms with Gasteiger partial charge in [-0.3, -0.25) is 4.79 Å². The molecule has 0 aliphatic heterocycles. The molecule has 130 valence electrons. The molecule has 0 heterocycles. The van der Waals surface area contributed by atoms with Crippen molar-refractivity contribution in [3.63, 3.8) is 0 Å². The highest BCUT2D eigenvalue weighted by molar-refractivity contribution is 7.97. The molecule has 0 aromatic heterocycles. The molecule has 0 amide bonds. The van der Waals surface area contributed by atoms with E-state index in [1.165, 1.54) is 0 Å². The van der Waals surface area contributed by atoms with Gasteiger partial charge in [0.25, 0.3) is 0 Å². The summed E-state index contributed by atoms with van der Waals surface area (Å²) in [5.74, 6) is 0. The summed E-state index contributed by atoms with van der Waals surface area (Å²) >= 11 is 3.96. The Kier molecular flexibility index (Phi) is 5.71. The molecule has 3 heteroatoms. The largest absolute Gasteiger partial charge is 0.392 e. The lowest BCUT2D eigenvalue weighted by Gasteiger charge is -2.34. The molecule has 0 aliphatic rings. The zero-order valence-electron chi connectivity index (χ0n) is 14.2. The normalized spacial score (nSPS) is 12.0. The number of rotatable bonds is 6. The first-order chi connectivity index (χ1) is 12.7. The van der Waals surface area contributed by atoms with Gasteiger partial charge in [0.2, 0.25) is 5.12 Å². The number of carbonyl (C=O) groups is 1. The van der Waals surface area contributed by atoms with Crippen molar-refractivity contribution >= 4 is 17.7 Å². The summed E-state index contributed by atoms with van der Waals surface area (Å²) in [6.45, 7) is -0.364. The first-order valence-corrected chi connectivity index (χ1v) is 8.85. The number of carbonyl (C=O) groups excluding carboxylic acids is 1. The molecule has 0 unspecified atom stereocenters. The number of allylic oxidation sites excluding steroid dienone is 1. The highest BCUT2D eigenvalue weighted by Gasteiger charge is 2.35. The van der Waals surface area contributed by atoms with E-state index in [0.29, 0.717) is 0 Å². The number of hydrogen-bond donors (Lipinski definition) is 2. The van der Waals surface area contributed by atoms with Gasteiger partial charge >= 0.3 is 0 Å². The fourth-order valence-electron chi connectivity index (χ4n) is 3.29. The van der Waals surface area contributed by atoms with E-state index >= 15 is 0 Å². The Labute approximate surface area is 159 Å². The van der Waals surface area contributed by atoms with Crippen LogP contribution in [0.2, 0.25) is 0 Å². The van der Waals surface area contributed by atoms with Crippen molar-refractivity contribution in [2.45, 2.75) is 5.41 Å². The first-order valence-electron chi connectivity index (χ1n) is 8.41. The van der Waals surface area contributed by atoms with E-state index in [-0.39, 0.29) is 12.2 Å². The lowest BCUT2D eigenvalue weighted by Crippen LogP contribution is -2.28. The Morgan fingerprint density at radius 3 is 1.38 bits per heavy atom. The molecule has 0 radical (unpaired) electrons. The maximum Gasteiger partial charge on any atom is 0.214 e. The van der Waals surface area contributed by atoms with Gasteiger partial charge in [0.1, 0.15) is 0 Å². The van der Waals surface area contributed by atoms with Crippen LogP contribution in [-0.4, -0.2) is 16.8 Å². The van der Waals surface area contributed by atoms with Crippen molar-refractivity contribution < 1.29 is 9.90 Å². The molecule has 2 nitrogen and oxygen atoms in total. The van der Waals surface area contributed by atoms with Crippen molar-refractivity contribution in [2.24, 2.45) is 0 Å². The Balaban J connectivity index is 2.41. The lowest BCUT2D eigenvalue weighted by atomic mass is 9.68. The third-order valence-corrected chi connectivity index (χ3v) is 4.81. The average Bonchev–Trinajstić information content (AvgIpc) is 2.71. The monoisotopic (exact) mass is 360 g/mol. The molecule has 3 rings (SSSR count). The number of thiol groups is 1. The number of aliphatic hydroxyl groups is 1. The smallest absolute Gasteiger partial charge is 0.214 e. The van der Waals surface area contributed by atoms with Gasteiger partial charge in [0.05, 0.1) is 12.0 Å². The van der Waals surface area contributed by atoms with Gasteiger partial charge in [0, 0.05) is 5.57 Å². The summed E-state index contributed by atoms with van der Waals surface area (Å²) in [4.78, 5) is 12.0. The average molecular weight is 360 g/mol. The molecule has 26 heavy (non-hydrogen) atoms. The molecule has 0 atom stereocenters. The highest BCUT2D eigenvalue weighted by atomic mass is 32.1. The van der Waals surface area contributed by atoms with E-state index in [4.69, 9.17) is 0 Å². The second-order valence-corrected chi connectivity index (χ2v) is 6.45. The molecule has 0 saturated carbocycles. The Bertz CT molecular complexity index is 791. The minimum atomic E-state index is -0.708. The number of aliphatic hydroxyl groups excluding tert-OH is 1. The van der Waals surface area contributed by atoms with Crippen LogP contribution in [0.15, 0.2) is 103 Å². The summed E-state index contributed by atoms with van der Waals surface area (Å²) in [6.07, 6.45) is 1.84. The van der Waals surface area contributed by atoms with Gasteiger partial charge in [-0.05, 0) is 16.7 Å². The maximum absolute atomic E-state index is 12.0. The SMILES string of the molecule is O=C(S)C(=CC(c1ccccc1)(c1ccccc1)c1ccccc1)CO. The molecule has 3 aromatic rings. The second-order valence-electron chi connectivity index (χ2n) is 6.04. The van der Waals surface area contributed by atoms with Gasteiger partial charge in [-0.2, -0.15) is 0 Å². The fraction of sp³-hybridized carbons (Fsp3) is 0.0870. The predicted molar refractivity (Wildman–Crippen MR) is 108 cm³/mol. The van der Waals surface area contributed by atoms with E-state index in [9.17, 15) is 9.90 Å². The van der Waals surface area contributed by atoms with E-state index < -0.39 is 10.5 Å². The molecule has 0 fully saturated rings. The zero-order chi connectivity index (χ0) is 18.4. The summed E-state index contributed by atoms with van der Waals surface area (Å²) in [5, 5.41) is 9.33. The topological polar surface area (TPSA) is 37.3 Å². The minimum absolute atomic E-state index is 0.268. The van der Waals surface area contributed by atoms with Crippen LogP contribution in [0.4, 0.5) is 0 Å². The van der Waals surface area contributed by atoms with Gasteiger partial charge in [-0.1, -0.05) is 97.1 Å². The molecule has 0 aliphatic carbocycles. The highest BCUT2D eigenvalue weighted by Crippen LogP contribution is 2.41. The Hall–Kier alpha value is -2.62. The van der Waals surface area contributed by atoms with Crippen molar-refractivity contribution in [1.29, 1.82) is 0 Å². The standard InChI is InChI=1S/C23H20O2S/c24-17-18(22(25)26)16-23(19-10-4-1-5-11-19,20-12-6-2-7-13-20)21-14-8-3-9-15-21/h1-16,24H,17H2,(H,25,26). The molecular weight excluding hydrogens is 340 g/mol. The molecule has 1 N–H and O–H groups in total. The van der Waals surface area contributed by atoms with Crippen molar-refractivity contribution in [3.8, 4) is 0 Å². The van der Waals surface area contributed by atoms with Crippen LogP contribution >= 0.6 is 12.6 Å². The van der Waals surface area contributed by atoms with Crippen molar-refractivity contribution in [1.82, 2.24) is 0 Å². The summed E-state index contributed by atoms with van der Waals surface area (Å²) in [5.41, 5.74) is 2.60. The zero-order valence-corrected chi connectivity index (χ0v) is 15.1. The van der Waals surface area contributed by atoms with E-state index in [1.54, 1.807) is 0 Å². The van der Waals surface area contributed by atoms with E-state index in [2.05, 4.69) is 12.6 Å². The van der Waals surface area contributed by atoms with Gasteiger partial charge in [-0.25, -0.2) is 0 Å². The predicted octanol–water partition coefficient (Wildman–Crippen LogP) is 4.40. The van der Waals surface area contributed by atoms with Crippen LogP contribution in [0.5, 0.6) is 0 Å². The molecule has 0 bridgehead atoms. The van der Waals surface area contributed by atoms with Crippen LogP contribution < -0.4 is 0 Å². The van der Waals surface area contributed by atoms with E-state index in [0.717, 1.165) is 16.7 Å². The minimum Gasteiger partial charge on any atom is -0.392 e. The van der Waals surface area contributed by atoms with Gasteiger partial charge < -0.3 is 5.11 Å². The number of benzene rings is 3. The quantitative estimate of drug-likeness (QED) is 0.388. The fourth-order valence-corrected chi connectivity index (χ4v) is 3.42. The Morgan fingerprint density at radius 1 is 0.769 bits per heavy atom. The first kappa shape index (κ1) is 18.2. The van der Waals surface area contributed by atoms with E-state index in [1.807, 2.05) is 97.1 Å². The van der Waals surface area contributed by atoms with Crippen LogP contribution in [0.3, 0.4) is 0 Å². The van der Waals surface area contributed by atoms with Crippen molar-refractivity contribution in [3.05, 3.63) is 119 Å². The van der Waals surface area contributed by atoms with Crippen LogP contribution in [0.25, 0.3) is 0 Å². The lowest BCUT2D eigenvalue weighted by molar-refractivity contribution is -0.108. The molecular formula is C23H20O2S. The maximum atomic E-state index is 12.0. The number of hydrogen-bond acceptors (Lipinski definition) is 2. The third kappa shape index (κ3) is 3.50. The van der Waals surface area contributed by atoms with Gasteiger partial charge in [-0.15, -0.1) is 12.6 Å². The summed E-state index contributed by atoms with van der Waals surface area (Å²) < 4.78 is 0. The second kappa shape index (κ2) is 8.17. The van der Waals surface area contributed by atoms with Crippen LogP contribution in [-0.2, 0) is 10.2 Å². The van der Waals surface area contributed by atoms with Gasteiger partial charge in [0.15, 0.2) is 0 Å². The van der Waals surface area contributed by atoms with Crippen molar-refractivity contribution in [2.75, 3.05) is 6.61 Å². The Morgan fingerprint density at radius 2 is 1.12 bits per heavy atom. The van der Waals surface area contributed by atoms with Crippen LogP contribution in [0.1, 0.15) is 16.7 Å². The molecule has 0 spiro atoms. The third-order valence-electron chi connectivity index (χ3n) is 4.52.